The van der Waals surface area contributed by atoms with Gasteiger partial charge >= 0.3 is 0 Å². The Kier molecular flexibility index (Phi) is 5.33. The van der Waals surface area contributed by atoms with Crippen molar-refractivity contribution in [2.24, 2.45) is 0 Å². The molecule has 1 aliphatic rings. The molecule has 0 spiro atoms. The van der Waals surface area contributed by atoms with E-state index in [9.17, 15) is 4.79 Å². The summed E-state index contributed by atoms with van der Waals surface area (Å²) in [5, 5.41) is 5.31. The second-order valence-corrected chi connectivity index (χ2v) is 8.10. The third kappa shape index (κ3) is 3.88. The molecule has 5 rings (SSSR count). The van der Waals surface area contributed by atoms with Gasteiger partial charge in [-0.15, -0.1) is 0 Å². The molecule has 0 radical (unpaired) electrons. The van der Waals surface area contributed by atoms with Crippen LogP contribution in [0.2, 0.25) is 0 Å². The number of thioether (sulfide) groups is 1. The number of hydrogen-bond acceptors (Lipinski definition) is 7. The van der Waals surface area contributed by atoms with Gasteiger partial charge in [-0.3, -0.25) is 9.36 Å². The van der Waals surface area contributed by atoms with Crippen molar-refractivity contribution >= 4 is 22.8 Å². The van der Waals surface area contributed by atoms with Crippen LogP contribution in [0.15, 0.2) is 69.2 Å². The van der Waals surface area contributed by atoms with Crippen molar-refractivity contribution in [3.8, 4) is 11.3 Å². The lowest BCUT2D eigenvalue weighted by Gasteiger charge is -2.15. The van der Waals surface area contributed by atoms with E-state index in [0.29, 0.717) is 28.5 Å². The Morgan fingerprint density at radius 3 is 2.90 bits per heavy atom. The zero-order valence-corrected chi connectivity index (χ0v) is 17.0. The van der Waals surface area contributed by atoms with Crippen LogP contribution in [-0.4, -0.2) is 32.4 Å². The first-order chi connectivity index (χ1) is 14.8. The lowest BCUT2D eigenvalue weighted by atomic mass is 10.2. The molecule has 1 atom stereocenters. The summed E-state index contributed by atoms with van der Waals surface area (Å²) >= 11 is 1.45. The molecule has 0 N–H and O–H groups in total. The van der Waals surface area contributed by atoms with E-state index in [4.69, 9.17) is 9.26 Å². The molecule has 0 aliphatic carbocycles. The van der Waals surface area contributed by atoms with Crippen molar-refractivity contribution in [1.29, 1.82) is 0 Å². The van der Waals surface area contributed by atoms with E-state index >= 15 is 0 Å². The van der Waals surface area contributed by atoms with Gasteiger partial charge in [0.1, 0.15) is 0 Å². The minimum Gasteiger partial charge on any atom is -0.376 e. The van der Waals surface area contributed by atoms with Gasteiger partial charge in [-0.1, -0.05) is 47.3 Å². The van der Waals surface area contributed by atoms with Crippen molar-refractivity contribution < 1.29 is 9.26 Å². The maximum Gasteiger partial charge on any atom is 0.263 e. The number of aromatic nitrogens is 4. The van der Waals surface area contributed by atoms with E-state index in [1.165, 1.54) is 11.8 Å². The summed E-state index contributed by atoms with van der Waals surface area (Å²) in [4.78, 5) is 22.0. The standard InChI is InChI=1S/C22H20N4O3S/c27-21-18-9-4-10-23-20(18)24-22(26(21)13-17-8-5-11-28-17)30-14-16-12-19(29-25-16)15-6-2-1-3-7-15/h1-4,6-7,9-10,12,17H,5,8,11,13-14H2. The van der Waals surface area contributed by atoms with Crippen LogP contribution in [0, 0.1) is 0 Å². The molecule has 4 heterocycles. The Bertz CT molecular complexity index is 1220. The first-order valence-electron chi connectivity index (χ1n) is 9.89. The largest absolute Gasteiger partial charge is 0.376 e. The number of hydrogen-bond donors (Lipinski definition) is 0. The van der Waals surface area contributed by atoms with Crippen molar-refractivity contribution in [2.75, 3.05) is 6.61 Å². The first kappa shape index (κ1) is 19.0. The quantitative estimate of drug-likeness (QED) is 0.345. The highest BCUT2D eigenvalue weighted by molar-refractivity contribution is 7.98. The van der Waals surface area contributed by atoms with Crippen LogP contribution >= 0.6 is 11.8 Å². The number of nitrogens with zero attached hydrogens (tertiary/aromatic N) is 4. The van der Waals surface area contributed by atoms with Gasteiger partial charge in [0.25, 0.3) is 5.56 Å². The molecule has 7 nitrogen and oxygen atoms in total. The van der Waals surface area contributed by atoms with Gasteiger partial charge in [-0.05, 0) is 25.0 Å². The van der Waals surface area contributed by atoms with Crippen molar-refractivity contribution in [3.05, 3.63) is 70.8 Å². The highest BCUT2D eigenvalue weighted by Gasteiger charge is 2.21. The van der Waals surface area contributed by atoms with E-state index in [1.54, 1.807) is 22.9 Å². The Morgan fingerprint density at radius 2 is 2.07 bits per heavy atom. The Morgan fingerprint density at radius 1 is 1.17 bits per heavy atom. The van der Waals surface area contributed by atoms with Gasteiger partial charge in [0.05, 0.1) is 23.7 Å². The molecule has 30 heavy (non-hydrogen) atoms. The summed E-state index contributed by atoms with van der Waals surface area (Å²) in [5.74, 6) is 1.25. The summed E-state index contributed by atoms with van der Waals surface area (Å²) < 4.78 is 13.0. The predicted octanol–water partition coefficient (Wildman–Crippen LogP) is 3.92. The van der Waals surface area contributed by atoms with Crippen LogP contribution in [0.3, 0.4) is 0 Å². The fraction of sp³-hybridized carbons (Fsp3) is 0.273. The maximum absolute atomic E-state index is 13.1. The van der Waals surface area contributed by atoms with E-state index in [-0.39, 0.29) is 11.7 Å². The molecule has 3 aromatic heterocycles. The number of benzene rings is 1. The van der Waals surface area contributed by atoms with Crippen LogP contribution in [0.5, 0.6) is 0 Å². The molecular weight excluding hydrogens is 400 g/mol. The van der Waals surface area contributed by atoms with Crippen LogP contribution in [0.1, 0.15) is 18.5 Å². The molecule has 1 fully saturated rings. The minimum absolute atomic E-state index is 0.0368. The molecule has 152 valence electrons. The summed E-state index contributed by atoms with van der Waals surface area (Å²) in [6.07, 6.45) is 3.66. The summed E-state index contributed by atoms with van der Waals surface area (Å²) in [6, 6.07) is 15.3. The van der Waals surface area contributed by atoms with E-state index in [0.717, 1.165) is 36.5 Å². The zero-order chi connectivity index (χ0) is 20.3. The average Bonchev–Trinajstić information content (AvgIpc) is 3.47. The smallest absolute Gasteiger partial charge is 0.263 e. The minimum atomic E-state index is -0.0868. The molecule has 1 aromatic carbocycles. The summed E-state index contributed by atoms with van der Waals surface area (Å²) in [5.41, 5.74) is 2.14. The third-order valence-corrected chi connectivity index (χ3v) is 6.08. The van der Waals surface area contributed by atoms with Crippen molar-refractivity contribution in [3.63, 3.8) is 0 Å². The van der Waals surface area contributed by atoms with E-state index in [2.05, 4.69) is 15.1 Å². The Hall–Kier alpha value is -2.97. The highest BCUT2D eigenvalue weighted by atomic mass is 32.2. The van der Waals surface area contributed by atoms with Gasteiger partial charge in [0, 0.05) is 30.2 Å². The molecular formula is C22H20N4O3S. The van der Waals surface area contributed by atoms with E-state index in [1.807, 2.05) is 36.4 Å². The molecule has 0 bridgehead atoms. The third-order valence-electron chi connectivity index (χ3n) is 5.07. The van der Waals surface area contributed by atoms with Gasteiger partial charge in [-0.2, -0.15) is 0 Å². The molecule has 1 aliphatic heterocycles. The predicted molar refractivity (Wildman–Crippen MR) is 114 cm³/mol. The molecule has 0 saturated carbocycles. The Balaban J connectivity index is 1.43. The zero-order valence-electron chi connectivity index (χ0n) is 16.2. The maximum atomic E-state index is 13.1. The molecule has 4 aromatic rings. The van der Waals surface area contributed by atoms with Crippen LogP contribution < -0.4 is 5.56 Å². The van der Waals surface area contributed by atoms with Gasteiger partial charge < -0.3 is 9.26 Å². The topological polar surface area (TPSA) is 83.0 Å². The van der Waals surface area contributed by atoms with Crippen molar-refractivity contribution in [2.45, 2.75) is 36.4 Å². The van der Waals surface area contributed by atoms with E-state index < -0.39 is 0 Å². The van der Waals surface area contributed by atoms with Crippen LogP contribution in [-0.2, 0) is 17.0 Å². The van der Waals surface area contributed by atoms with Crippen LogP contribution in [0.4, 0.5) is 0 Å². The number of ether oxygens (including phenoxy) is 1. The number of fused-ring (bicyclic) bond motifs is 1. The second kappa shape index (κ2) is 8.41. The van der Waals surface area contributed by atoms with Gasteiger partial charge in [-0.25, -0.2) is 9.97 Å². The summed E-state index contributed by atoms with van der Waals surface area (Å²) in [6.45, 7) is 1.23. The average molecular weight is 420 g/mol. The lowest BCUT2D eigenvalue weighted by Crippen LogP contribution is -2.29. The van der Waals surface area contributed by atoms with Crippen molar-refractivity contribution in [1.82, 2.24) is 19.7 Å². The number of rotatable bonds is 6. The SMILES string of the molecule is O=c1c2cccnc2nc(SCc2cc(-c3ccccc3)on2)n1CC1CCCO1. The number of pyridine rings is 1. The first-order valence-corrected chi connectivity index (χ1v) is 10.9. The highest BCUT2D eigenvalue weighted by Crippen LogP contribution is 2.26. The molecule has 1 saturated heterocycles. The molecule has 8 heteroatoms. The fourth-order valence-corrected chi connectivity index (χ4v) is 4.43. The Labute approximate surface area is 177 Å². The van der Waals surface area contributed by atoms with Gasteiger partial charge in [0.15, 0.2) is 16.6 Å². The normalized spacial score (nSPS) is 16.3. The van der Waals surface area contributed by atoms with Gasteiger partial charge in [0.2, 0.25) is 0 Å². The molecule has 1 unspecified atom stereocenters. The fourth-order valence-electron chi connectivity index (χ4n) is 3.56. The lowest BCUT2D eigenvalue weighted by molar-refractivity contribution is 0.0937. The molecule has 0 amide bonds. The van der Waals surface area contributed by atoms with Crippen LogP contribution in [0.25, 0.3) is 22.4 Å². The monoisotopic (exact) mass is 420 g/mol. The summed E-state index contributed by atoms with van der Waals surface area (Å²) in [7, 11) is 0. The second-order valence-electron chi connectivity index (χ2n) is 7.16.